The molecule has 1 atom stereocenters. The molecule has 1 aliphatic heterocycles. The summed E-state index contributed by atoms with van der Waals surface area (Å²) in [7, 11) is 1.71. The first-order valence-corrected chi connectivity index (χ1v) is 8.38. The molecule has 0 aromatic carbocycles. The van der Waals surface area contributed by atoms with Gasteiger partial charge in [0.1, 0.15) is 17.3 Å². The van der Waals surface area contributed by atoms with Crippen LogP contribution >= 0.6 is 11.6 Å². The van der Waals surface area contributed by atoms with Crippen molar-refractivity contribution in [2.75, 3.05) is 43.2 Å². The highest BCUT2D eigenvalue weighted by Crippen LogP contribution is 2.22. The van der Waals surface area contributed by atoms with Crippen molar-refractivity contribution in [3.63, 3.8) is 0 Å². The topological polar surface area (TPSA) is 67.3 Å². The smallest absolute Gasteiger partial charge is 0.226 e. The molecule has 0 amide bonds. The molecule has 1 unspecified atom stereocenters. The van der Waals surface area contributed by atoms with Gasteiger partial charge in [-0.15, -0.1) is 0 Å². The van der Waals surface area contributed by atoms with E-state index in [-0.39, 0.29) is 6.04 Å². The quantitative estimate of drug-likeness (QED) is 0.763. The Labute approximate surface area is 146 Å². The minimum atomic E-state index is 0.159. The fourth-order valence-corrected chi connectivity index (χ4v) is 3.15. The molecular formula is C16H21ClN6O. The number of hydrogen-bond donors (Lipinski definition) is 0. The van der Waals surface area contributed by atoms with Gasteiger partial charge in [0.05, 0.1) is 12.6 Å². The standard InChI is InChI=1S/C16H21ClN6O/c1-3-12-8-19-16(21-15(12)17)22-6-7-23(13(9-22)10-24-2)14-4-5-18-11-20-14/h4-5,8,11,13H,3,6-7,9-10H2,1-2H3. The average molecular weight is 349 g/mol. The van der Waals surface area contributed by atoms with Crippen LogP contribution < -0.4 is 9.80 Å². The van der Waals surface area contributed by atoms with Crippen LogP contribution in [0.15, 0.2) is 24.8 Å². The van der Waals surface area contributed by atoms with Gasteiger partial charge in [-0.25, -0.2) is 19.9 Å². The maximum atomic E-state index is 6.24. The van der Waals surface area contributed by atoms with Crippen LogP contribution in [0.4, 0.5) is 11.8 Å². The Hall–Kier alpha value is -1.99. The zero-order valence-corrected chi connectivity index (χ0v) is 14.6. The molecule has 2 aromatic heterocycles. The first-order chi connectivity index (χ1) is 11.7. The first-order valence-electron chi connectivity index (χ1n) is 8.01. The molecule has 0 saturated carbocycles. The van der Waals surface area contributed by atoms with Crippen LogP contribution in [0.1, 0.15) is 12.5 Å². The number of aromatic nitrogens is 4. The Morgan fingerprint density at radius 2 is 2.21 bits per heavy atom. The molecular weight excluding hydrogens is 328 g/mol. The van der Waals surface area contributed by atoms with E-state index in [1.54, 1.807) is 19.6 Å². The Morgan fingerprint density at radius 1 is 1.33 bits per heavy atom. The zero-order valence-electron chi connectivity index (χ0n) is 13.9. The van der Waals surface area contributed by atoms with Crippen LogP contribution in [0.25, 0.3) is 0 Å². The monoisotopic (exact) mass is 348 g/mol. The van der Waals surface area contributed by atoms with Crippen LogP contribution in [0, 0.1) is 0 Å². The normalized spacial score (nSPS) is 18.0. The average Bonchev–Trinajstić information content (AvgIpc) is 2.62. The summed E-state index contributed by atoms with van der Waals surface area (Å²) in [6, 6.07) is 2.08. The van der Waals surface area contributed by atoms with Crippen molar-refractivity contribution in [1.82, 2.24) is 19.9 Å². The van der Waals surface area contributed by atoms with Gasteiger partial charge in [0, 0.05) is 44.7 Å². The third-order valence-corrected chi connectivity index (χ3v) is 4.49. The van der Waals surface area contributed by atoms with Crippen LogP contribution in [0.5, 0.6) is 0 Å². The summed E-state index contributed by atoms with van der Waals surface area (Å²) in [4.78, 5) is 21.7. The molecule has 0 N–H and O–H groups in total. The van der Waals surface area contributed by atoms with Gasteiger partial charge in [0.2, 0.25) is 5.95 Å². The van der Waals surface area contributed by atoms with Gasteiger partial charge in [-0.1, -0.05) is 18.5 Å². The molecule has 0 spiro atoms. The van der Waals surface area contributed by atoms with E-state index in [4.69, 9.17) is 16.3 Å². The summed E-state index contributed by atoms with van der Waals surface area (Å²) in [5, 5.41) is 0.532. The van der Waals surface area contributed by atoms with E-state index in [2.05, 4.69) is 29.7 Å². The Bertz CT molecular complexity index is 671. The Balaban J connectivity index is 1.78. The van der Waals surface area contributed by atoms with Gasteiger partial charge in [-0.2, -0.15) is 0 Å². The predicted octanol–water partition coefficient (Wildman–Crippen LogP) is 1.82. The lowest BCUT2D eigenvalue weighted by molar-refractivity contribution is 0.173. The van der Waals surface area contributed by atoms with Gasteiger partial charge in [0.25, 0.3) is 0 Å². The fraction of sp³-hybridized carbons (Fsp3) is 0.500. The molecule has 1 aliphatic rings. The predicted molar refractivity (Wildman–Crippen MR) is 93.7 cm³/mol. The first kappa shape index (κ1) is 16.9. The van der Waals surface area contributed by atoms with Gasteiger partial charge >= 0.3 is 0 Å². The molecule has 0 aliphatic carbocycles. The second kappa shape index (κ2) is 7.72. The lowest BCUT2D eigenvalue weighted by Gasteiger charge is -2.41. The molecule has 3 rings (SSSR count). The van der Waals surface area contributed by atoms with Crippen molar-refractivity contribution >= 4 is 23.4 Å². The summed E-state index contributed by atoms with van der Waals surface area (Å²) in [6.07, 6.45) is 5.96. The molecule has 3 heterocycles. The highest BCUT2D eigenvalue weighted by Gasteiger charge is 2.29. The van der Waals surface area contributed by atoms with Crippen molar-refractivity contribution in [3.8, 4) is 0 Å². The minimum absolute atomic E-state index is 0.159. The number of anilines is 2. The molecule has 0 bridgehead atoms. The Morgan fingerprint density at radius 3 is 2.88 bits per heavy atom. The zero-order chi connectivity index (χ0) is 16.9. The Kier molecular flexibility index (Phi) is 5.42. The van der Waals surface area contributed by atoms with Crippen LogP contribution in [-0.4, -0.2) is 59.3 Å². The van der Waals surface area contributed by atoms with Gasteiger partial charge in [-0.05, 0) is 12.5 Å². The molecule has 8 heteroatoms. The van der Waals surface area contributed by atoms with Gasteiger partial charge < -0.3 is 14.5 Å². The summed E-state index contributed by atoms with van der Waals surface area (Å²) in [5.41, 5.74) is 0.966. The van der Waals surface area contributed by atoms with Gasteiger partial charge in [0.15, 0.2) is 0 Å². The van der Waals surface area contributed by atoms with E-state index in [1.165, 1.54) is 0 Å². The van der Waals surface area contributed by atoms with Gasteiger partial charge in [-0.3, -0.25) is 0 Å². The number of piperazine rings is 1. The largest absolute Gasteiger partial charge is 0.382 e. The molecule has 0 radical (unpaired) electrons. The minimum Gasteiger partial charge on any atom is -0.382 e. The van der Waals surface area contributed by atoms with E-state index in [9.17, 15) is 0 Å². The van der Waals surface area contributed by atoms with Crippen molar-refractivity contribution in [1.29, 1.82) is 0 Å². The number of methoxy groups -OCH3 is 1. The van der Waals surface area contributed by atoms with E-state index < -0.39 is 0 Å². The number of aryl methyl sites for hydroxylation is 1. The van der Waals surface area contributed by atoms with E-state index in [1.807, 2.05) is 19.2 Å². The van der Waals surface area contributed by atoms with Crippen molar-refractivity contribution < 1.29 is 4.74 Å². The van der Waals surface area contributed by atoms with Crippen molar-refractivity contribution in [3.05, 3.63) is 35.5 Å². The van der Waals surface area contributed by atoms with Crippen molar-refractivity contribution in [2.45, 2.75) is 19.4 Å². The lowest BCUT2D eigenvalue weighted by atomic mass is 10.1. The SMILES string of the molecule is CCc1cnc(N2CCN(c3ccncn3)C(COC)C2)nc1Cl. The summed E-state index contributed by atoms with van der Waals surface area (Å²) in [6.45, 7) is 4.99. The number of hydrogen-bond acceptors (Lipinski definition) is 7. The molecule has 24 heavy (non-hydrogen) atoms. The second-order valence-corrected chi connectivity index (χ2v) is 6.01. The van der Waals surface area contributed by atoms with Crippen LogP contribution in [-0.2, 0) is 11.2 Å². The van der Waals surface area contributed by atoms with Crippen molar-refractivity contribution in [2.24, 2.45) is 0 Å². The summed E-state index contributed by atoms with van der Waals surface area (Å²) in [5.74, 6) is 1.58. The van der Waals surface area contributed by atoms with Crippen LogP contribution in [0.2, 0.25) is 5.15 Å². The molecule has 128 valence electrons. The fourth-order valence-electron chi connectivity index (χ4n) is 2.89. The highest BCUT2D eigenvalue weighted by atomic mass is 35.5. The highest BCUT2D eigenvalue weighted by molar-refractivity contribution is 6.30. The van der Waals surface area contributed by atoms with Crippen LogP contribution in [0.3, 0.4) is 0 Å². The maximum absolute atomic E-state index is 6.24. The van der Waals surface area contributed by atoms with E-state index in [0.29, 0.717) is 17.7 Å². The number of ether oxygens (including phenoxy) is 1. The maximum Gasteiger partial charge on any atom is 0.226 e. The lowest BCUT2D eigenvalue weighted by Crippen LogP contribution is -2.56. The third-order valence-electron chi connectivity index (χ3n) is 4.17. The van der Waals surface area contributed by atoms with E-state index >= 15 is 0 Å². The van der Waals surface area contributed by atoms with E-state index in [0.717, 1.165) is 37.4 Å². The number of nitrogens with zero attached hydrogens (tertiary/aromatic N) is 6. The summed E-state index contributed by atoms with van der Waals surface area (Å²) >= 11 is 6.24. The summed E-state index contributed by atoms with van der Waals surface area (Å²) < 4.78 is 5.40. The molecule has 7 nitrogen and oxygen atoms in total. The molecule has 2 aromatic rings. The second-order valence-electron chi connectivity index (χ2n) is 5.66. The third kappa shape index (κ3) is 3.57. The molecule has 1 saturated heterocycles. The number of rotatable bonds is 5. The molecule has 1 fully saturated rings. The number of halogens is 1.